The summed E-state index contributed by atoms with van der Waals surface area (Å²) in [6, 6.07) is 8.20. The third-order valence-electron chi connectivity index (χ3n) is 3.37. The van der Waals surface area contributed by atoms with Crippen LogP contribution in [0, 0.1) is 11.8 Å². The number of ether oxygens (including phenoxy) is 1. The number of aliphatic hydroxyl groups excluding tert-OH is 2. The fourth-order valence-corrected chi connectivity index (χ4v) is 2.21. The molecular weight excluding hydrogens is 254 g/mol. The van der Waals surface area contributed by atoms with Crippen molar-refractivity contribution in [3.8, 4) is 11.8 Å². The Morgan fingerprint density at radius 1 is 1.25 bits per heavy atom. The van der Waals surface area contributed by atoms with E-state index in [4.69, 9.17) is 9.84 Å². The molecule has 2 rings (SSSR count). The Balaban J connectivity index is 1.94. The van der Waals surface area contributed by atoms with Gasteiger partial charge in [-0.25, -0.2) is 0 Å². The van der Waals surface area contributed by atoms with E-state index in [1.807, 2.05) is 12.1 Å². The lowest BCUT2D eigenvalue weighted by atomic mass is 10.1. The molecule has 1 fully saturated rings. The summed E-state index contributed by atoms with van der Waals surface area (Å²) in [5.41, 5.74) is 2.17. The number of rotatable bonds is 4. The van der Waals surface area contributed by atoms with Crippen molar-refractivity contribution in [2.45, 2.75) is 19.0 Å². The highest BCUT2D eigenvalue weighted by Crippen LogP contribution is 2.12. The normalized spacial score (nSPS) is 19.4. The zero-order valence-corrected chi connectivity index (χ0v) is 11.6. The van der Waals surface area contributed by atoms with Gasteiger partial charge in [0.05, 0.1) is 32.5 Å². The van der Waals surface area contributed by atoms with Crippen molar-refractivity contribution in [1.29, 1.82) is 0 Å². The minimum atomic E-state index is 0.0905. The Labute approximate surface area is 120 Å². The third-order valence-corrected chi connectivity index (χ3v) is 3.37. The Kier molecular flexibility index (Phi) is 6.03. The third kappa shape index (κ3) is 4.32. The van der Waals surface area contributed by atoms with E-state index >= 15 is 0 Å². The molecule has 0 saturated carbocycles. The Morgan fingerprint density at radius 2 is 2.05 bits per heavy atom. The lowest BCUT2D eigenvalue weighted by molar-refractivity contribution is -0.0312. The predicted molar refractivity (Wildman–Crippen MR) is 77.1 cm³/mol. The molecule has 1 unspecified atom stereocenters. The van der Waals surface area contributed by atoms with E-state index in [1.165, 1.54) is 5.56 Å². The second-order valence-corrected chi connectivity index (χ2v) is 4.85. The summed E-state index contributed by atoms with van der Waals surface area (Å²) in [7, 11) is 0. The molecule has 0 amide bonds. The molecule has 0 spiro atoms. The molecule has 1 aromatic rings. The molecule has 20 heavy (non-hydrogen) atoms. The van der Waals surface area contributed by atoms with E-state index in [9.17, 15) is 5.11 Å². The van der Waals surface area contributed by atoms with Crippen LogP contribution in [0.1, 0.15) is 17.5 Å². The summed E-state index contributed by atoms with van der Waals surface area (Å²) in [4.78, 5) is 2.25. The first-order valence-electron chi connectivity index (χ1n) is 6.95. The zero-order chi connectivity index (χ0) is 14.2. The van der Waals surface area contributed by atoms with Crippen LogP contribution in [-0.2, 0) is 11.3 Å². The molecule has 1 aromatic carbocycles. The van der Waals surface area contributed by atoms with Gasteiger partial charge in [0.15, 0.2) is 0 Å². The molecule has 1 atom stereocenters. The topological polar surface area (TPSA) is 52.9 Å². The minimum Gasteiger partial charge on any atom is -0.395 e. The van der Waals surface area contributed by atoms with Crippen molar-refractivity contribution in [1.82, 2.24) is 4.90 Å². The first-order valence-corrected chi connectivity index (χ1v) is 6.95. The molecule has 1 heterocycles. The largest absolute Gasteiger partial charge is 0.395 e. The molecule has 4 nitrogen and oxygen atoms in total. The highest BCUT2D eigenvalue weighted by atomic mass is 16.5. The molecule has 1 aliphatic rings. The summed E-state index contributed by atoms with van der Waals surface area (Å²) >= 11 is 0. The van der Waals surface area contributed by atoms with Crippen LogP contribution in [0.4, 0.5) is 0 Å². The molecule has 1 saturated heterocycles. The molecule has 0 aromatic heterocycles. The van der Waals surface area contributed by atoms with E-state index in [0.29, 0.717) is 13.0 Å². The van der Waals surface area contributed by atoms with Crippen molar-refractivity contribution < 1.29 is 14.9 Å². The fraction of sp³-hybridized carbons (Fsp3) is 0.500. The van der Waals surface area contributed by atoms with Crippen molar-refractivity contribution in [3.63, 3.8) is 0 Å². The van der Waals surface area contributed by atoms with Crippen LogP contribution < -0.4 is 0 Å². The van der Waals surface area contributed by atoms with E-state index < -0.39 is 0 Å². The predicted octanol–water partition coefficient (Wildman–Crippen LogP) is 0.614. The first-order chi connectivity index (χ1) is 9.83. The average Bonchev–Trinajstić information content (AvgIpc) is 2.50. The maximum Gasteiger partial charge on any atom is 0.0644 e. The van der Waals surface area contributed by atoms with Crippen LogP contribution in [0.2, 0.25) is 0 Å². The molecule has 108 valence electrons. The van der Waals surface area contributed by atoms with Crippen molar-refractivity contribution in [2.24, 2.45) is 0 Å². The Hall–Kier alpha value is -1.38. The minimum absolute atomic E-state index is 0.0905. The van der Waals surface area contributed by atoms with E-state index in [1.54, 1.807) is 0 Å². The lowest BCUT2D eigenvalue weighted by Gasteiger charge is -2.34. The lowest BCUT2D eigenvalue weighted by Crippen LogP contribution is -2.46. The van der Waals surface area contributed by atoms with Gasteiger partial charge in [0.2, 0.25) is 0 Å². The summed E-state index contributed by atoms with van der Waals surface area (Å²) in [5.74, 6) is 5.92. The van der Waals surface area contributed by atoms with Gasteiger partial charge >= 0.3 is 0 Å². The van der Waals surface area contributed by atoms with Crippen LogP contribution >= 0.6 is 0 Å². The fourth-order valence-electron chi connectivity index (χ4n) is 2.21. The van der Waals surface area contributed by atoms with Gasteiger partial charge in [0.25, 0.3) is 0 Å². The van der Waals surface area contributed by atoms with Crippen molar-refractivity contribution in [2.75, 3.05) is 33.0 Å². The van der Waals surface area contributed by atoms with Crippen LogP contribution in [0.5, 0.6) is 0 Å². The van der Waals surface area contributed by atoms with Gasteiger partial charge in [0.1, 0.15) is 0 Å². The number of aliphatic hydroxyl groups is 2. The second kappa shape index (κ2) is 8.03. The summed E-state index contributed by atoms with van der Waals surface area (Å²) in [5, 5.41) is 18.0. The maximum absolute atomic E-state index is 9.34. The standard InChI is InChI=1S/C16H21NO3/c18-9-2-1-3-14-4-6-15(7-5-14)11-17-8-10-20-13-16(17)12-19/h4-7,16,18-19H,2,8-13H2. The molecule has 0 aliphatic carbocycles. The van der Waals surface area contributed by atoms with E-state index in [-0.39, 0.29) is 19.3 Å². The van der Waals surface area contributed by atoms with Crippen LogP contribution in [0.15, 0.2) is 24.3 Å². The van der Waals surface area contributed by atoms with E-state index in [2.05, 4.69) is 28.9 Å². The molecular formula is C16H21NO3. The molecule has 1 aliphatic heterocycles. The van der Waals surface area contributed by atoms with Gasteiger partial charge in [-0.2, -0.15) is 0 Å². The Bertz CT molecular complexity index is 461. The molecule has 0 radical (unpaired) electrons. The number of hydrogen-bond donors (Lipinski definition) is 2. The van der Waals surface area contributed by atoms with Gasteiger partial charge < -0.3 is 14.9 Å². The number of hydrogen-bond acceptors (Lipinski definition) is 4. The maximum atomic E-state index is 9.34. The van der Waals surface area contributed by atoms with Crippen molar-refractivity contribution in [3.05, 3.63) is 35.4 Å². The average molecular weight is 275 g/mol. The number of benzene rings is 1. The monoisotopic (exact) mass is 275 g/mol. The van der Waals surface area contributed by atoms with Gasteiger partial charge in [-0.1, -0.05) is 24.0 Å². The smallest absolute Gasteiger partial charge is 0.0644 e. The summed E-state index contributed by atoms with van der Waals surface area (Å²) in [6.45, 7) is 3.22. The van der Waals surface area contributed by atoms with Crippen LogP contribution in [0.25, 0.3) is 0 Å². The first kappa shape index (κ1) is 15.0. The molecule has 0 bridgehead atoms. The van der Waals surface area contributed by atoms with Crippen LogP contribution in [-0.4, -0.2) is 54.1 Å². The highest BCUT2D eigenvalue weighted by Gasteiger charge is 2.21. The summed E-state index contributed by atoms with van der Waals surface area (Å²) in [6.07, 6.45) is 0.508. The van der Waals surface area contributed by atoms with Crippen molar-refractivity contribution >= 4 is 0 Å². The second-order valence-electron chi connectivity index (χ2n) is 4.85. The highest BCUT2D eigenvalue weighted by molar-refractivity contribution is 5.36. The SMILES string of the molecule is OCCC#Cc1ccc(CN2CCOCC2CO)cc1. The molecule has 4 heteroatoms. The zero-order valence-electron chi connectivity index (χ0n) is 11.6. The number of nitrogens with zero attached hydrogens (tertiary/aromatic N) is 1. The molecule has 2 N–H and O–H groups in total. The summed E-state index contributed by atoms with van der Waals surface area (Å²) < 4.78 is 5.37. The van der Waals surface area contributed by atoms with Gasteiger partial charge in [-0.05, 0) is 17.7 Å². The quantitative estimate of drug-likeness (QED) is 0.791. The van der Waals surface area contributed by atoms with E-state index in [0.717, 1.165) is 25.3 Å². The van der Waals surface area contributed by atoms with Gasteiger partial charge in [-0.3, -0.25) is 4.90 Å². The number of morpholine rings is 1. The van der Waals surface area contributed by atoms with Crippen LogP contribution in [0.3, 0.4) is 0 Å². The van der Waals surface area contributed by atoms with Gasteiger partial charge in [-0.15, -0.1) is 0 Å². The van der Waals surface area contributed by atoms with Gasteiger partial charge in [0, 0.05) is 25.1 Å². The Morgan fingerprint density at radius 3 is 2.75 bits per heavy atom.